The second kappa shape index (κ2) is 40.5. The number of aliphatic carboxylic acids is 1. The van der Waals surface area contributed by atoms with E-state index in [0.717, 1.165) is 21.5 Å². The zero-order valence-corrected chi connectivity index (χ0v) is 63.2. The molecule has 0 saturated carbocycles. The molecule has 106 heavy (non-hydrogen) atoms. The van der Waals surface area contributed by atoms with E-state index in [2.05, 4.69) is 0 Å². The van der Waals surface area contributed by atoms with Gasteiger partial charge in [-0.1, -0.05) is 64.1 Å². The van der Waals surface area contributed by atoms with Gasteiger partial charge in [0, 0.05) is 71.5 Å². The Hall–Kier alpha value is -6.88. The molecule has 4 aromatic carbocycles. The van der Waals surface area contributed by atoms with Crippen LogP contribution in [0, 0.1) is 62.8 Å². The second-order valence-corrected chi connectivity index (χ2v) is 26.9. The van der Waals surface area contributed by atoms with E-state index in [1.807, 2.05) is 0 Å². The summed E-state index contributed by atoms with van der Waals surface area (Å²) < 4.78 is 241. The summed E-state index contributed by atoms with van der Waals surface area (Å²) in [5.74, 6) is -16.2. The molecule has 0 fully saturated rings. The summed E-state index contributed by atoms with van der Waals surface area (Å²) in [5, 5.41) is 9.71. The van der Waals surface area contributed by atoms with Crippen molar-refractivity contribution in [3.8, 4) is 22.3 Å². The van der Waals surface area contributed by atoms with Crippen LogP contribution in [0.1, 0.15) is 177 Å². The van der Waals surface area contributed by atoms with Crippen LogP contribution in [-0.4, -0.2) is 101 Å². The Balaban J connectivity index is 0.00000102. The summed E-state index contributed by atoms with van der Waals surface area (Å²) >= 11 is 0. The van der Waals surface area contributed by atoms with Gasteiger partial charge in [-0.15, -0.1) is 0 Å². The Morgan fingerprint density at radius 3 is 1.08 bits per heavy atom. The molecule has 0 bridgehead atoms. The number of ketones is 2. The van der Waals surface area contributed by atoms with Crippen LogP contribution in [-0.2, 0) is 61.5 Å². The molecule has 4 atom stereocenters. The molecule has 0 aliphatic heterocycles. The molecule has 2 unspecified atom stereocenters. The number of benzene rings is 4. The Morgan fingerprint density at radius 1 is 0.500 bits per heavy atom. The molecule has 6 rings (SSSR count). The van der Waals surface area contributed by atoms with Gasteiger partial charge in [0.25, 0.3) is 11.1 Å². The van der Waals surface area contributed by atoms with E-state index in [9.17, 15) is 86.6 Å². The van der Waals surface area contributed by atoms with E-state index >= 15 is 17.6 Å². The molecule has 0 spiro atoms. The van der Waals surface area contributed by atoms with Crippen molar-refractivity contribution in [1.82, 2.24) is 18.9 Å². The van der Waals surface area contributed by atoms with Crippen molar-refractivity contribution in [1.29, 1.82) is 0 Å². The Morgan fingerprint density at radius 2 is 0.811 bits per heavy atom. The molecule has 6 aromatic rings. The number of ether oxygens (including phenoxy) is 1. The SMILES string of the molecule is CCOC(=O)C[C@H](CC(=O)C(CC(C)C)n1cc(CCCN(C)C)c(C(F)(F)F)cc1=O)c1c(F)c(-c2c(C)cccc2C)cc(C(F)(F)F)c1F.Cc1cccc(C)c1-c1cc(C(F)(F)F)c(F)c([C@H](CC(=O)O)CC(=O)C(CC(C)C)n2cc(CCCN(C)C)c(C(F)(F)F)cc2=O)c1F.S.S.[Li+].[OH-]. The van der Waals surface area contributed by atoms with Gasteiger partial charge in [-0.05, 0) is 183 Å². The van der Waals surface area contributed by atoms with Gasteiger partial charge in [0.1, 0.15) is 23.3 Å². The standard InChI is InChI=1S/C38H44F8N2O4.C36H40F8N2O4.Li.H2O.2H2S/c1-8-52-32(51)17-25(34-35(39)26(18-28(36(34)40)38(44,45)46)33-22(4)11-9-12-23(33)5)16-30(49)29(15-21(2)3)48-20-24(13-10-14-47(6)7)27(19-31(48)50)37(41,42)43;1-19(2)13-27(46-18-22(11-8-12-45(5)6)25(17-29(46)48)35(39,40)41)28(47)14-23(15-30(49)50)32-33(37)24(16-26(34(32)38)36(42,43)44)31-20(3)9-7-10-21(31)4;;;;/h9,11-12,18-21,25,29H,8,10,13-17H2,1-7H3;7,9-10,16-19,23,27H,8,11-15H2,1-6H3,(H,49,50);;3*1H2/q;;+1;;;/p-1/t25-,29?;23-,27?;;;;/m00..../s1. The number of esters is 1. The van der Waals surface area contributed by atoms with Gasteiger partial charge < -0.3 is 34.3 Å². The minimum atomic E-state index is -5.34. The van der Waals surface area contributed by atoms with Gasteiger partial charge in [0.2, 0.25) is 0 Å². The van der Waals surface area contributed by atoms with E-state index in [1.165, 1.54) is 58.9 Å². The first kappa shape index (κ1) is 97.1. The molecule has 2 aromatic heterocycles. The van der Waals surface area contributed by atoms with Crippen LogP contribution >= 0.6 is 27.0 Å². The number of hydrogen-bond acceptors (Lipinski definition) is 10. The maximum Gasteiger partial charge on any atom is 1.00 e. The smallest absolute Gasteiger partial charge is 0.870 e. The summed E-state index contributed by atoms with van der Waals surface area (Å²) in [6, 6.07) is 7.67. The number of pyridine rings is 2. The van der Waals surface area contributed by atoms with Crippen LogP contribution in [0.2, 0.25) is 0 Å². The monoisotopic (exact) mass is 1550 g/mol. The topological polar surface area (TPSA) is 178 Å². The van der Waals surface area contributed by atoms with Gasteiger partial charge >= 0.3 is 55.5 Å². The van der Waals surface area contributed by atoms with Gasteiger partial charge in [0.05, 0.1) is 53.8 Å². The number of nitrogens with zero attached hydrogens (tertiary/aromatic N) is 4. The van der Waals surface area contributed by atoms with Crippen LogP contribution in [0.5, 0.6) is 0 Å². The van der Waals surface area contributed by atoms with E-state index in [4.69, 9.17) is 4.74 Å². The fourth-order valence-electron chi connectivity index (χ4n) is 12.7. The third-order valence-corrected chi connectivity index (χ3v) is 17.3. The summed E-state index contributed by atoms with van der Waals surface area (Å²) in [7, 11) is 6.91. The van der Waals surface area contributed by atoms with Gasteiger partial charge in [-0.25, -0.2) is 17.6 Å². The Labute approximate surface area is 630 Å². The molecule has 0 aliphatic carbocycles. The van der Waals surface area contributed by atoms with Crippen molar-refractivity contribution >= 4 is 50.5 Å². The molecular formula is C74H89F16LiN4O9S2. The molecule has 2 N–H and O–H groups in total. The minimum absolute atomic E-state index is 0. The largest absolute Gasteiger partial charge is 1.00 e. The Kier molecular flexibility index (Phi) is 37.1. The average molecular weight is 1550 g/mol. The maximum absolute atomic E-state index is 16.6. The third-order valence-electron chi connectivity index (χ3n) is 17.3. The van der Waals surface area contributed by atoms with Crippen molar-refractivity contribution in [2.24, 2.45) is 11.8 Å². The van der Waals surface area contributed by atoms with Gasteiger partial charge in [0.15, 0.2) is 11.6 Å². The summed E-state index contributed by atoms with van der Waals surface area (Å²) in [5.41, 5.74) is -11.1. The average Bonchev–Trinajstić information content (AvgIpc) is 0.768. The summed E-state index contributed by atoms with van der Waals surface area (Å²) in [6.07, 6.45) is -22.6. The molecule has 2 heterocycles. The molecule has 0 radical (unpaired) electrons. The number of carboxylic acids is 1. The molecular weight excluding hydrogens is 1460 g/mol. The van der Waals surface area contributed by atoms with E-state index in [0.29, 0.717) is 59.6 Å². The van der Waals surface area contributed by atoms with Crippen LogP contribution in [0.25, 0.3) is 22.3 Å². The zero-order valence-electron chi connectivity index (χ0n) is 61.2. The molecule has 0 aliphatic rings. The van der Waals surface area contributed by atoms with Crippen LogP contribution in [0.4, 0.5) is 70.2 Å². The normalized spacial score (nSPS) is 13.0. The number of carbonyl (C=O) groups is 4. The first-order valence-corrected chi connectivity index (χ1v) is 32.8. The number of hydrogen-bond donors (Lipinski definition) is 1. The zero-order chi connectivity index (χ0) is 77.2. The Bertz CT molecular complexity index is 4100. The molecule has 584 valence electrons. The third kappa shape index (κ3) is 25.4. The van der Waals surface area contributed by atoms with Crippen molar-refractivity contribution in [2.45, 2.75) is 175 Å². The number of carbonyl (C=O) groups excluding carboxylic acids is 3. The first-order valence-electron chi connectivity index (χ1n) is 32.8. The maximum atomic E-state index is 16.6. The van der Waals surface area contributed by atoms with Gasteiger partial charge in [-0.3, -0.25) is 28.8 Å². The van der Waals surface area contributed by atoms with Crippen LogP contribution in [0.3, 0.4) is 0 Å². The number of alkyl halides is 12. The fourth-order valence-corrected chi connectivity index (χ4v) is 12.7. The van der Waals surface area contributed by atoms with E-state index in [-0.39, 0.29) is 131 Å². The summed E-state index contributed by atoms with van der Waals surface area (Å²) in [4.78, 5) is 83.0. The molecule has 32 heteroatoms. The number of rotatable bonds is 29. The number of halogens is 16. The number of aryl methyl sites for hydroxylation is 6. The van der Waals surface area contributed by atoms with Crippen LogP contribution in [0.15, 0.2) is 82.6 Å². The predicted octanol–water partition coefficient (Wildman–Crippen LogP) is 15.0. The van der Waals surface area contributed by atoms with Crippen molar-refractivity contribution < 1.29 is 124 Å². The molecule has 0 amide bonds. The number of carboxylic acid groups (broad SMARTS) is 1. The van der Waals surface area contributed by atoms with Crippen molar-refractivity contribution in [3.63, 3.8) is 0 Å². The van der Waals surface area contributed by atoms with Crippen LogP contribution < -0.4 is 30.0 Å². The number of Topliss-reactive ketones (excluding diaryl/α,β-unsaturated/α-hetero) is 2. The fraction of sp³-hybridized carbons (Fsp3) is 0.486. The summed E-state index contributed by atoms with van der Waals surface area (Å²) in [6.45, 7) is 14.8. The van der Waals surface area contributed by atoms with Gasteiger partial charge in [-0.2, -0.15) is 79.7 Å². The van der Waals surface area contributed by atoms with E-state index < -0.39 is 177 Å². The van der Waals surface area contributed by atoms with Crippen molar-refractivity contribution in [3.05, 3.63) is 184 Å². The predicted molar refractivity (Wildman–Crippen MR) is 376 cm³/mol. The van der Waals surface area contributed by atoms with Crippen molar-refractivity contribution in [2.75, 3.05) is 47.9 Å². The minimum Gasteiger partial charge on any atom is -0.870 e. The molecule has 0 saturated heterocycles. The second-order valence-electron chi connectivity index (χ2n) is 26.9. The van der Waals surface area contributed by atoms with E-state index in [1.54, 1.807) is 77.8 Å². The quantitative estimate of drug-likeness (QED) is 0.0268. The first-order chi connectivity index (χ1) is 47.1. The molecule has 13 nitrogen and oxygen atoms in total. The number of aromatic nitrogens is 2.